The molecule has 0 aliphatic heterocycles. The van der Waals surface area contributed by atoms with Gasteiger partial charge in [0, 0.05) is 11.4 Å². The van der Waals surface area contributed by atoms with Crippen molar-refractivity contribution in [2.45, 2.75) is 19.8 Å². The summed E-state index contributed by atoms with van der Waals surface area (Å²) in [5.41, 5.74) is 1.97. The summed E-state index contributed by atoms with van der Waals surface area (Å²) < 4.78 is 10.5. The summed E-state index contributed by atoms with van der Waals surface area (Å²) in [5, 5.41) is 5.00. The molecular weight excluding hydrogens is 298 g/mol. The molecule has 1 N–H and O–H groups in total. The number of thiophene rings is 1. The fourth-order valence-corrected chi connectivity index (χ4v) is 2.94. The van der Waals surface area contributed by atoms with Crippen LogP contribution in [-0.2, 0) is 17.6 Å². The van der Waals surface area contributed by atoms with Crippen molar-refractivity contribution in [2.75, 3.05) is 20.8 Å². The van der Waals surface area contributed by atoms with Crippen molar-refractivity contribution in [2.24, 2.45) is 0 Å². The highest BCUT2D eigenvalue weighted by Gasteiger charge is 2.11. The summed E-state index contributed by atoms with van der Waals surface area (Å²) in [6, 6.07) is 7.87. The molecule has 22 heavy (non-hydrogen) atoms. The Balaban J connectivity index is 1.93. The minimum Gasteiger partial charge on any atom is -0.493 e. The summed E-state index contributed by atoms with van der Waals surface area (Å²) in [6.45, 7) is 2.63. The number of hydrogen-bond acceptors (Lipinski definition) is 4. The normalized spacial score (nSPS) is 10.3. The third-order valence-corrected chi connectivity index (χ3v) is 4.40. The molecule has 0 saturated carbocycles. The first-order valence-corrected chi connectivity index (χ1v) is 8.02. The van der Waals surface area contributed by atoms with Crippen LogP contribution in [0.2, 0.25) is 0 Å². The van der Waals surface area contributed by atoms with Gasteiger partial charge in [-0.05, 0) is 48.1 Å². The first-order valence-electron chi connectivity index (χ1n) is 7.14. The third kappa shape index (κ3) is 4.24. The van der Waals surface area contributed by atoms with E-state index in [1.807, 2.05) is 30.5 Å². The number of carbonyl (C=O) groups excluding carboxylic acids is 1. The highest BCUT2D eigenvalue weighted by Crippen LogP contribution is 2.30. The van der Waals surface area contributed by atoms with Crippen molar-refractivity contribution < 1.29 is 14.3 Å². The molecule has 1 heterocycles. The zero-order chi connectivity index (χ0) is 15.9. The van der Waals surface area contributed by atoms with Crippen LogP contribution >= 0.6 is 11.3 Å². The molecule has 0 unspecified atom stereocenters. The van der Waals surface area contributed by atoms with Crippen LogP contribution in [0.15, 0.2) is 29.6 Å². The van der Waals surface area contributed by atoms with Crippen LogP contribution in [-0.4, -0.2) is 26.7 Å². The van der Waals surface area contributed by atoms with Crippen LogP contribution in [0.5, 0.6) is 11.5 Å². The maximum atomic E-state index is 12.1. The van der Waals surface area contributed by atoms with Gasteiger partial charge in [-0.2, -0.15) is 0 Å². The highest BCUT2D eigenvalue weighted by molar-refractivity contribution is 7.09. The largest absolute Gasteiger partial charge is 0.493 e. The first-order chi connectivity index (χ1) is 10.6. The number of hydrogen-bond donors (Lipinski definition) is 1. The predicted octanol–water partition coefficient (Wildman–Crippen LogP) is 2.98. The van der Waals surface area contributed by atoms with Crippen LogP contribution in [0.4, 0.5) is 0 Å². The summed E-state index contributed by atoms with van der Waals surface area (Å²) in [4.78, 5) is 13.3. The number of nitrogens with one attached hydrogen (secondary N) is 1. The van der Waals surface area contributed by atoms with Gasteiger partial charge in [0.25, 0.3) is 0 Å². The minimum absolute atomic E-state index is 0.0203. The molecule has 0 spiro atoms. The van der Waals surface area contributed by atoms with E-state index < -0.39 is 0 Å². The Labute approximate surface area is 135 Å². The second-order valence-corrected chi connectivity index (χ2v) is 6.02. The van der Waals surface area contributed by atoms with E-state index in [2.05, 4.69) is 11.4 Å². The Morgan fingerprint density at radius 3 is 2.59 bits per heavy atom. The van der Waals surface area contributed by atoms with Gasteiger partial charge >= 0.3 is 0 Å². The molecule has 1 amide bonds. The smallest absolute Gasteiger partial charge is 0.224 e. The molecule has 4 nitrogen and oxygen atoms in total. The zero-order valence-corrected chi connectivity index (χ0v) is 14.0. The second-order valence-electron chi connectivity index (χ2n) is 4.99. The zero-order valence-electron chi connectivity index (χ0n) is 13.1. The molecular formula is C17H21NO3S. The SMILES string of the molecule is COc1cc(C)c(CC(=O)NCCc2cccs2)cc1OC. The summed E-state index contributed by atoms with van der Waals surface area (Å²) >= 11 is 1.71. The number of carbonyl (C=O) groups is 1. The van der Waals surface area contributed by atoms with E-state index in [4.69, 9.17) is 9.47 Å². The molecule has 5 heteroatoms. The standard InChI is InChI=1S/C17H21NO3S/c1-12-9-15(20-2)16(21-3)10-13(12)11-17(19)18-7-6-14-5-4-8-22-14/h4-5,8-10H,6-7,11H2,1-3H3,(H,18,19). The molecule has 0 saturated heterocycles. The Hall–Kier alpha value is -2.01. The van der Waals surface area contributed by atoms with Crippen molar-refractivity contribution in [3.63, 3.8) is 0 Å². The van der Waals surface area contributed by atoms with Gasteiger partial charge in [-0.25, -0.2) is 0 Å². The van der Waals surface area contributed by atoms with Gasteiger partial charge in [-0.3, -0.25) is 4.79 Å². The van der Waals surface area contributed by atoms with Crippen molar-refractivity contribution >= 4 is 17.2 Å². The summed E-state index contributed by atoms with van der Waals surface area (Å²) in [7, 11) is 3.20. The van der Waals surface area contributed by atoms with Crippen LogP contribution in [0.1, 0.15) is 16.0 Å². The average molecular weight is 319 g/mol. The summed E-state index contributed by atoms with van der Waals surface area (Å²) in [6.07, 6.45) is 1.21. The van der Waals surface area contributed by atoms with E-state index in [1.54, 1.807) is 25.6 Å². The molecule has 0 radical (unpaired) electrons. The third-order valence-electron chi connectivity index (χ3n) is 3.47. The van der Waals surface area contributed by atoms with Gasteiger partial charge in [-0.15, -0.1) is 11.3 Å². The van der Waals surface area contributed by atoms with E-state index in [0.717, 1.165) is 17.5 Å². The predicted molar refractivity (Wildman–Crippen MR) is 89.0 cm³/mol. The molecule has 118 valence electrons. The minimum atomic E-state index is 0.0203. The van der Waals surface area contributed by atoms with Crippen LogP contribution in [0.3, 0.4) is 0 Å². The number of amides is 1. The molecule has 0 bridgehead atoms. The van der Waals surface area contributed by atoms with E-state index in [-0.39, 0.29) is 5.91 Å². The maximum absolute atomic E-state index is 12.1. The number of aryl methyl sites for hydroxylation is 1. The monoisotopic (exact) mass is 319 g/mol. The van der Waals surface area contributed by atoms with E-state index >= 15 is 0 Å². The van der Waals surface area contributed by atoms with E-state index in [9.17, 15) is 4.79 Å². The van der Waals surface area contributed by atoms with Crippen molar-refractivity contribution in [3.05, 3.63) is 45.6 Å². The first kappa shape index (κ1) is 16.4. The Morgan fingerprint density at radius 1 is 1.23 bits per heavy atom. The van der Waals surface area contributed by atoms with Gasteiger partial charge in [0.05, 0.1) is 20.6 Å². The number of benzene rings is 1. The van der Waals surface area contributed by atoms with Gasteiger partial charge in [0.1, 0.15) is 0 Å². The van der Waals surface area contributed by atoms with Gasteiger partial charge in [0.15, 0.2) is 11.5 Å². The lowest BCUT2D eigenvalue weighted by Crippen LogP contribution is -2.27. The lowest BCUT2D eigenvalue weighted by molar-refractivity contribution is -0.120. The Bertz CT molecular complexity index is 623. The van der Waals surface area contributed by atoms with E-state index in [0.29, 0.717) is 24.5 Å². The molecule has 0 aliphatic rings. The molecule has 0 atom stereocenters. The topological polar surface area (TPSA) is 47.6 Å². The lowest BCUT2D eigenvalue weighted by Gasteiger charge is -2.12. The highest BCUT2D eigenvalue weighted by atomic mass is 32.1. The molecule has 0 aliphatic carbocycles. The van der Waals surface area contributed by atoms with Crippen LogP contribution in [0.25, 0.3) is 0 Å². The Morgan fingerprint density at radius 2 is 1.95 bits per heavy atom. The maximum Gasteiger partial charge on any atom is 0.224 e. The van der Waals surface area contributed by atoms with Gasteiger partial charge in [-0.1, -0.05) is 6.07 Å². The molecule has 2 aromatic rings. The fraction of sp³-hybridized carbons (Fsp3) is 0.353. The number of ether oxygens (including phenoxy) is 2. The Kier molecular flexibility index (Phi) is 5.83. The van der Waals surface area contributed by atoms with Crippen molar-refractivity contribution in [1.29, 1.82) is 0 Å². The second kappa shape index (κ2) is 7.84. The van der Waals surface area contributed by atoms with Gasteiger partial charge in [0.2, 0.25) is 5.91 Å². The fourth-order valence-electron chi connectivity index (χ4n) is 2.23. The van der Waals surface area contributed by atoms with Crippen LogP contribution < -0.4 is 14.8 Å². The quantitative estimate of drug-likeness (QED) is 0.853. The molecule has 1 aromatic heterocycles. The van der Waals surface area contributed by atoms with Crippen molar-refractivity contribution in [3.8, 4) is 11.5 Å². The number of methoxy groups -OCH3 is 2. The molecule has 2 rings (SSSR count). The number of rotatable bonds is 7. The molecule has 0 fully saturated rings. The van der Waals surface area contributed by atoms with E-state index in [1.165, 1.54) is 4.88 Å². The van der Waals surface area contributed by atoms with Crippen LogP contribution in [0, 0.1) is 6.92 Å². The summed E-state index contributed by atoms with van der Waals surface area (Å²) in [5.74, 6) is 1.35. The average Bonchev–Trinajstić information content (AvgIpc) is 3.02. The lowest BCUT2D eigenvalue weighted by atomic mass is 10.0. The molecule has 1 aromatic carbocycles. The van der Waals surface area contributed by atoms with Gasteiger partial charge < -0.3 is 14.8 Å². The van der Waals surface area contributed by atoms with Crippen molar-refractivity contribution in [1.82, 2.24) is 5.32 Å².